The molecule has 0 atom stereocenters. The Morgan fingerprint density at radius 3 is 2.57 bits per heavy atom. The summed E-state index contributed by atoms with van der Waals surface area (Å²) in [6.07, 6.45) is 1.90. The highest BCUT2D eigenvalue weighted by atomic mass is 32.2. The zero-order chi connectivity index (χ0) is 10.1. The zero-order valence-electron chi connectivity index (χ0n) is 8.07. The third-order valence-electron chi connectivity index (χ3n) is 1.68. The van der Waals surface area contributed by atoms with Gasteiger partial charge in [-0.25, -0.2) is 4.98 Å². The van der Waals surface area contributed by atoms with Gasteiger partial charge in [-0.3, -0.25) is 0 Å². The molecule has 74 valence electrons. The van der Waals surface area contributed by atoms with E-state index < -0.39 is 0 Å². The first-order chi connectivity index (χ1) is 6.70. The van der Waals surface area contributed by atoms with Crippen LogP contribution in [0.2, 0.25) is 0 Å². The summed E-state index contributed by atoms with van der Waals surface area (Å²) in [6.45, 7) is 3.91. The van der Waals surface area contributed by atoms with Gasteiger partial charge in [-0.1, -0.05) is 11.8 Å². The molecule has 0 saturated carbocycles. The van der Waals surface area contributed by atoms with Crippen LogP contribution in [0, 0.1) is 13.8 Å². The summed E-state index contributed by atoms with van der Waals surface area (Å²) < 4.78 is 5.42. The molecule has 0 aliphatic rings. The van der Waals surface area contributed by atoms with Crippen molar-refractivity contribution in [1.29, 1.82) is 0 Å². The normalized spacial score (nSPS) is 10.8. The van der Waals surface area contributed by atoms with E-state index in [0.29, 0.717) is 11.1 Å². The summed E-state index contributed by atoms with van der Waals surface area (Å²) in [5.41, 5.74) is 0.948. The van der Waals surface area contributed by atoms with Crippen LogP contribution in [0.1, 0.15) is 10.7 Å². The van der Waals surface area contributed by atoms with Gasteiger partial charge in [-0.2, -0.15) is 0 Å². The first-order valence-electron chi connectivity index (χ1n) is 4.02. The summed E-state index contributed by atoms with van der Waals surface area (Å²) >= 11 is 3.02. The van der Waals surface area contributed by atoms with Crippen LogP contribution in [-0.2, 0) is 0 Å². The minimum Gasteiger partial charge on any atom is -0.410 e. The molecule has 2 aromatic heterocycles. The van der Waals surface area contributed by atoms with Crippen LogP contribution in [-0.4, -0.2) is 21.4 Å². The molecule has 0 aromatic carbocycles. The highest BCUT2D eigenvalue weighted by Gasteiger charge is 2.13. The molecule has 0 fully saturated rings. The Hall–Kier alpha value is -0.880. The lowest BCUT2D eigenvalue weighted by Crippen LogP contribution is -1.77. The first-order valence-corrected chi connectivity index (χ1v) is 6.06. The fraction of sp³-hybridized carbons (Fsp3) is 0.375. The fourth-order valence-corrected chi connectivity index (χ4v) is 2.24. The van der Waals surface area contributed by atoms with E-state index in [4.69, 9.17) is 4.42 Å². The number of hydrogen-bond donors (Lipinski definition) is 0. The second-order valence-corrected chi connectivity index (χ2v) is 4.69. The van der Waals surface area contributed by atoms with E-state index in [1.165, 1.54) is 11.8 Å². The minimum absolute atomic E-state index is 0.567. The van der Waals surface area contributed by atoms with Crippen molar-refractivity contribution in [2.45, 2.75) is 19.1 Å². The molecular weight excluding hydrogens is 218 g/mol. The van der Waals surface area contributed by atoms with Crippen LogP contribution in [0.5, 0.6) is 0 Å². The topological polar surface area (TPSA) is 51.8 Å². The van der Waals surface area contributed by atoms with Crippen molar-refractivity contribution in [3.8, 4) is 10.8 Å². The lowest BCUT2D eigenvalue weighted by Gasteiger charge is -1.87. The summed E-state index contributed by atoms with van der Waals surface area (Å²) in [4.78, 5) is 5.27. The summed E-state index contributed by atoms with van der Waals surface area (Å²) in [5.74, 6) is 0.567. The van der Waals surface area contributed by atoms with E-state index in [9.17, 15) is 0 Å². The molecule has 0 spiro atoms. The molecule has 0 radical (unpaired) electrons. The highest BCUT2D eigenvalue weighted by Crippen LogP contribution is 2.29. The molecule has 2 aromatic rings. The first kappa shape index (κ1) is 9.67. The van der Waals surface area contributed by atoms with Crippen molar-refractivity contribution >= 4 is 23.1 Å². The van der Waals surface area contributed by atoms with E-state index in [-0.39, 0.29) is 0 Å². The molecule has 0 bridgehead atoms. The predicted octanol–water partition coefficient (Wildman–Crippen LogP) is 2.53. The molecule has 0 saturated heterocycles. The fourth-order valence-electron chi connectivity index (χ4n) is 1.11. The van der Waals surface area contributed by atoms with Gasteiger partial charge < -0.3 is 4.42 Å². The van der Waals surface area contributed by atoms with Crippen molar-refractivity contribution < 1.29 is 4.42 Å². The van der Waals surface area contributed by atoms with E-state index in [0.717, 1.165) is 15.6 Å². The number of nitrogens with zero attached hydrogens (tertiary/aromatic N) is 3. The average molecular weight is 227 g/mol. The molecule has 0 unspecified atom stereocenters. The number of aryl methyl sites for hydroxylation is 2. The maximum atomic E-state index is 5.42. The number of thiazole rings is 1. The van der Waals surface area contributed by atoms with Gasteiger partial charge in [-0.05, 0) is 20.1 Å². The Bertz CT molecular complexity index is 449. The number of rotatable bonds is 2. The molecule has 2 heterocycles. The second kappa shape index (κ2) is 3.70. The molecule has 0 aliphatic carbocycles. The highest BCUT2D eigenvalue weighted by molar-refractivity contribution is 7.98. The molecule has 0 amide bonds. The Balaban J connectivity index is 2.43. The van der Waals surface area contributed by atoms with E-state index in [1.54, 1.807) is 11.3 Å². The quantitative estimate of drug-likeness (QED) is 0.738. The Morgan fingerprint density at radius 1 is 1.29 bits per heavy atom. The van der Waals surface area contributed by atoms with Gasteiger partial charge in [0.1, 0.15) is 4.88 Å². The van der Waals surface area contributed by atoms with Crippen LogP contribution in [0.4, 0.5) is 0 Å². The summed E-state index contributed by atoms with van der Waals surface area (Å²) in [5, 5.41) is 9.45. The van der Waals surface area contributed by atoms with Crippen molar-refractivity contribution in [1.82, 2.24) is 15.2 Å². The number of thioether (sulfide) groups is 1. The molecule has 0 aliphatic heterocycles. The van der Waals surface area contributed by atoms with E-state index in [2.05, 4.69) is 15.2 Å². The Kier molecular flexibility index (Phi) is 2.56. The molecule has 14 heavy (non-hydrogen) atoms. The lowest BCUT2D eigenvalue weighted by molar-refractivity contribution is 0.467. The smallest absolute Gasteiger partial charge is 0.276 e. The Labute approximate surface area is 89.8 Å². The lowest BCUT2D eigenvalue weighted by atomic mass is 10.4. The largest absolute Gasteiger partial charge is 0.410 e. The van der Waals surface area contributed by atoms with Crippen LogP contribution in [0.3, 0.4) is 0 Å². The standard InChI is InChI=1S/C8H9N3OS2/c1-4-6(14-5(2)9-4)7-10-11-8(12-7)13-3/h1-3H3. The van der Waals surface area contributed by atoms with Gasteiger partial charge in [0.05, 0.1) is 10.7 Å². The van der Waals surface area contributed by atoms with Crippen molar-refractivity contribution in [3.63, 3.8) is 0 Å². The van der Waals surface area contributed by atoms with Gasteiger partial charge in [0, 0.05) is 0 Å². The molecule has 2 rings (SSSR count). The molecule has 6 heteroatoms. The van der Waals surface area contributed by atoms with Crippen molar-refractivity contribution in [2.75, 3.05) is 6.26 Å². The zero-order valence-corrected chi connectivity index (χ0v) is 9.70. The summed E-state index contributed by atoms with van der Waals surface area (Å²) in [7, 11) is 0. The molecular formula is C8H9N3OS2. The van der Waals surface area contributed by atoms with Crippen molar-refractivity contribution in [2.24, 2.45) is 0 Å². The van der Waals surface area contributed by atoms with Gasteiger partial charge in [-0.15, -0.1) is 21.5 Å². The summed E-state index contributed by atoms with van der Waals surface area (Å²) in [6, 6.07) is 0. The van der Waals surface area contributed by atoms with Gasteiger partial charge in [0.25, 0.3) is 11.1 Å². The van der Waals surface area contributed by atoms with E-state index >= 15 is 0 Å². The van der Waals surface area contributed by atoms with Gasteiger partial charge >= 0.3 is 0 Å². The third kappa shape index (κ3) is 1.67. The maximum absolute atomic E-state index is 5.42. The third-order valence-corrected chi connectivity index (χ3v) is 3.25. The van der Waals surface area contributed by atoms with E-state index in [1.807, 2.05) is 20.1 Å². The average Bonchev–Trinajstić information content (AvgIpc) is 2.71. The van der Waals surface area contributed by atoms with Crippen LogP contribution in [0.15, 0.2) is 9.64 Å². The van der Waals surface area contributed by atoms with Crippen LogP contribution in [0.25, 0.3) is 10.8 Å². The van der Waals surface area contributed by atoms with Crippen LogP contribution >= 0.6 is 23.1 Å². The van der Waals surface area contributed by atoms with Crippen molar-refractivity contribution in [3.05, 3.63) is 10.7 Å². The maximum Gasteiger partial charge on any atom is 0.276 e. The molecule has 4 nitrogen and oxygen atoms in total. The second-order valence-electron chi connectivity index (χ2n) is 2.72. The SMILES string of the molecule is CSc1nnc(-c2sc(C)nc2C)o1. The molecule has 0 N–H and O–H groups in total. The Morgan fingerprint density at radius 2 is 2.07 bits per heavy atom. The van der Waals surface area contributed by atoms with Gasteiger partial charge in [0.2, 0.25) is 0 Å². The minimum atomic E-state index is 0.567. The number of hydrogen-bond acceptors (Lipinski definition) is 6. The van der Waals surface area contributed by atoms with Gasteiger partial charge in [0.15, 0.2) is 0 Å². The predicted molar refractivity (Wildman–Crippen MR) is 56.7 cm³/mol. The monoisotopic (exact) mass is 227 g/mol. The van der Waals surface area contributed by atoms with Crippen LogP contribution < -0.4 is 0 Å². The number of aromatic nitrogens is 3.